The van der Waals surface area contributed by atoms with Crippen molar-refractivity contribution in [1.29, 1.82) is 0 Å². The standard InChI is InChI=1S/C36H64N2O10.4Na/c1-3-5-7-9-11-13-15-17-19-21-31(39)37(29(35(45)46)23-25-33(41)42)27-28-38(30(36(47)48)24-26-34(43)44)32(40)22-20-18-16-14-12-10-8-6-4-2;;;;/h29-30H,3-28H2,1-2H3,(H,41,42)(H,43,44)(H,45,46)(H,47,48);;;;/q;4*+1/p-4/t29-,30-;;;;/m0..../s1. The average Bonchev–Trinajstić information content (AvgIpc) is 3.02. The third-order valence-corrected chi connectivity index (χ3v) is 8.75. The van der Waals surface area contributed by atoms with Gasteiger partial charge in [-0.05, 0) is 38.5 Å². The predicted molar refractivity (Wildman–Crippen MR) is 173 cm³/mol. The molecule has 0 radical (unpaired) electrons. The van der Waals surface area contributed by atoms with Crippen LogP contribution in [0.25, 0.3) is 0 Å². The molecule has 0 saturated heterocycles. The maximum Gasteiger partial charge on any atom is 1.00 e. The smallest absolute Gasteiger partial charge is 0.550 e. The number of unbranched alkanes of at least 4 members (excludes halogenated alkanes) is 16. The van der Waals surface area contributed by atoms with Gasteiger partial charge in [-0.15, -0.1) is 0 Å². The van der Waals surface area contributed by atoms with Crippen molar-refractivity contribution in [3.8, 4) is 0 Å². The Morgan fingerprint density at radius 2 is 0.654 bits per heavy atom. The predicted octanol–water partition coefficient (Wildman–Crippen LogP) is -10.2. The van der Waals surface area contributed by atoms with Crippen LogP contribution in [0.15, 0.2) is 0 Å². The van der Waals surface area contributed by atoms with Crippen molar-refractivity contribution in [2.24, 2.45) is 0 Å². The monoisotopic (exact) mass is 772 g/mol. The van der Waals surface area contributed by atoms with Crippen molar-refractivity contribution in [1.82, 2.24) is 9.80 Å². The van der Waals surface area contributed by atoms with Gasteiger partial charge in [0.2, 0.25) is 11.8 Å². The van der Waals surface area contributed by atoms with Crippen LogP contribution in [0.5, 0.6) is 0 Å². The summed E-state index contributed by atoms with van der Waals surface area (Å²) in [5, 5.41) is 46.5. The van der Waals surface area contributed by atoms with Crippen LogP contribution in [-0.2, 0) is 28.8 Å². The summed E-state index contributed by atoms with van der Waals surface area (Å²) in [5.41, 5.74) is 0. The maximum atomic E-state index is 13.4. The van der Waals surface area contributed by atoms with E-state index in [1.54, 1.807) is 0 Å². The molecule has 0 aromatic heterocycles. The zero-order valence-corrected chi connectivity index (χ0v) is 41.5. The second-order valence-electron chi connectivity index (χ2n) is 12.8. The quantitative estimate of drug-likeness (QED) is 0.0456. The largest absolute Gasteiger partial charge is 1.00 e. The Hall–Kier alpha value is 0.820. The van der Waals surface area contributed by atoms with Crippen LogP contribution in [0.2, 0.25) is 0 Å². The van der Waals surface area contributed by atoms with Crippen LogP contribution >= 0.6 is 0 Å². The van der Waals surface area contributed by atoms with Crippen molar-refractivity contribution in [2.75, 3.05) is 13.1 Å². The molecule has 12 nitrogen and oxygen atoms in total. The van der Waals surface area contributed by atoms with E-state index in [0.29, 0.717) is 12.8 Å². The van der Waals surface area contributed by atoms with Gasteiger partial charge in [-0.25, -0.2) is 0 Å². The molecule has 0 rings (SSSR count). The van der Waals surface area contributed by atoms with Crippen LogP contribution < -0.4 is 139 Å². The minimum absolute atomic E-state index is 0. The second kappa shape index (κ2) is 41.5. The van der Waals surface area contributed by atoms with Gasteiger partial charge < -0.3 is 49.4 Å². The Morgan fingerprint density at radius 3 is 0.885 bits per heavy atom. The van der Waals surface area contributed by atoms with Crippen molar-refractivity contribution < 1.29 is 167 Å². The second-order valence-corrected chi connectivity index (χ2v) is 12.8. The topological polar surface area (TPSA) is 201 Å². The molecule has 0 saturated carbocycles. The van der Waals surface area contributed by atoms with Crippen molar-refractivity contribution in [2.45, 2.75) is 180 Å². The summed E-state index contributed by atoms with van der Waals surface area (Å²) < 4.78 is 0. The summed E-state index contributed by atoms with van der Waals surface area (Å²) in [6.45, 7) is 3.47. The van der Waals surface area contributed by atoms with Gasteiger partial charge >= 0.3 is 118 Å². The van der Waals surface area contributed by atoms with E-state index in [4.69, 9.17) is 0 Å². The number of aliphatic carboxylic acids is 4. The third kappa shape index (κ3) is 33.0. The summed E-state index contributed by atoms with van der Waals surface area (Å²) in [4.78, 5) is 75.1. The first kappa shape index (κ1) is 62.0. The van der Waals surface area contributed by atoms with E-state index in [-0.39, 0.29) is 131 Å². The van der Waals surface area contributed by atoms with Gasteiger partial charge in [0.1, 0.15) is 0 Å². The average molecular weight is 773 g/mol. The fraction of sp³-hybridized carbons (Fsp3) is 0.833. The van der Waals surface area contributed by atoms with Gasteiger partial charge in [-0.3, -0.25) is 9.59 Å². The van der Waals surface area contributed by atoms with E-state index in [9.17, 15) is 49.2 Å². The Balaban J connectivity index is -0.00000184. The molecule has 16 heteroatoms. The number of rotatable bonds is 33. The zero-order chi connectivity index (χ0) is 36.2. The molecule has 0 aromatic rings. The van der Waals surface area contributed by atoms with Gasteiger partial charge in [0.05, 0.1) is 24.0 Å². The van der Waals surface area contributed by atoms with E-state index in [1.807, 2.05) is 0 Å². The van der Waals surface area contributed by atoms with Crippen LogP contribution in [0.1, 0.15) is 168 Å². The SMILES string of the molecule is CCCCCCCCCCCC(=O)N(CCN(C(=O)CCCCCCCCCCC)[C@@H](CCC(=O)[O-])C(=O)[O-])[C@@H](CCC(=O)[O-])C(=O)[O-].[Na+].[Na+].[Na+].[Na+]. The van der Waals surface area contributed by atoms with Crippen molar-refractivity contribution in [3.63, 3.8) is 0 Å². The number of carbonyl (C=O) groups is 6. The molecular weight excluding hydrogens is 712 g/mol. The van der Waals surface area contributed by atoms with Crippen LogP contribution in [-0.4, -0.2) is 70.7 Å². The number of carboxylic acid groups (broad SMARTS) is 4. The number of hydrogen-bond donors (Lipinski definition) is 0. The third-order valence-electron chi connectivity index (χ3n) is 8.75. The van der Waals surface area contributed by atoms with E-state index in [0.717, 1.165) is 86.8 Å². The number of hydrogen-bond acceptors (Lipinski definition) is 10. The molecular formula is C36H60N2Na4O10. The van der Waals surface area contributed by atoms with Crippen LogP contribution in [0.3, 0.4) is 0 Å². The Labute approximate surface area is 401 Å². The van der Waals surface area contributed by atoms with Crippen LogP contribution in [0, 0.1) is 0 Å². The van der Waals surface area contributed by atoms with Crippen molar-refractivity contribution >= 4 is 35.7 Å². The summed E-state index contributed by atoms with van der Waals surface area (Å²) in [5.74, 6) is -7.56. The number of carboxylic acids is 4. The van der Waals surface area contributed by atoms with Gasteiger partial charge in [-0.1, -0.05) is 117 Å². The molecule has 0 aromatic carbocycles. The Bertz CT molecular complexity index is 888. The van der Waals surface area contributed by atoms with E-state index in [1.165, 1.54) is 25.7 Å². The summed E-state index contributed by atoms with van der Waals surface area (Å²) in [6.07, 6.45) is 15.5. The summed E-state index contributed by atoms with van der Waals surface area (Å²) >= 11 is 0. The molecule has 0 N–H and O–H groups in total. The van der Waals surface area contributed by atoms with Gasteiger partial charge in [0.25, 0.3) is 0 Å². The van der Waals surface area contributed by atoms with Gasteiger partial charge in [-0.2, -0.15) is 0 Å². The van der Waals surface area contributed by atoms with E-state index >= 15 is 0 Å². The fourth-order valence-electron chi connectivity index (χ4n) is 5.90. The molecule has 0 fully saturated rings. The fourth-order valence-corrected chi connectivity index (χ4v) is 5.90. The molecule has 0 heterocycles. The first-order valence-electron chi connectivity index (χ1n) is 18.4. The van der Waals surface area contributed by atoms with Gasteiger partial charge in [0.15, 0.2) is 0 Å². The van der Waals surface area contributed by atoms with E-state index < -0.39 is 86.5 Å². The summed E-state index contributed by atoms with van der Waals surface area (Å²) in [6, 6.07) is -3.29. The normalized spacial score (nSPS) is 11.3. The molecule has 0 aliphatic heterocycles. The molecule has 0 unspecified atom stereocenters. The van der Waals surface area contributed by atoms with Crippen LogP contribution in [0.4, 0.5) is 0 Å². The molecule has 0 aliphatic rings. The summed E-state index contributed by atoms with van der Waals surface area (Å²) in [7, 11) is 0. The molecule has 0 spiro atoms. The molecule has 0 aliphatic carbocycles. The van der Waals surface area contributed by atoms with Gasteiger partial charge in [0, 0.05) is 37.9 Å². The molecule has 0 bridgehead atoms. The van der Waals surface area contributed by atoms with Crippen molar-refractivity contribution in [3.05, 3.63) is 0 Å². The molecule has 2 atom stereocenters. The zero-order valence-electron chi connectivity index (χ0n) is 33.5. The maximum absolute atomic E-state index is 13.4. The molecule has 52 heavy (non-hydrogen) atoms. The molecule has 2 amide bonds. The minimum Gasteiger partial charge on any atom is -0.550 e. The number of nitrogens with zero attached hydrogens (tertiary/aromatic N) is 2. The number of carbonyl (C=O) groups excluding carboxylic acids is 6. The minimum atomic E-state index is -1.68. The Kier molecular flexibility index (Phi) is 49.4. The number of amides is 2. The first-order valence-corrected chi connectivity index (χ1v) is 18.4. The first-order chi connectivity index (χ1) is 23.0. The molecule has 278 valence electrons. The Morgan fingerprint density at radius 1 is 0.404 bits per heavy atom. The van der Waals surface area contributed by atoms with E-state index in [2.05, 4.69) is 13.8 Å².